The smallest absolute Gasteiger partial charge is 0.349 e. The standard InChI is InChI=1S/C11H20FNO3/c1-4-7-8-11(12,9-13-16-6-3)10(14)15-5-2/h9H,4-8H2,1-3H3. The van der Waals surface area contributed by atoms with Crippen molar-refractivity contribution in [3.63, 3.8) is 0 Å². The Balaban J connectivity index is 4.52. The lowest BCUT2D eigenvalue weighted by Gasteiger charge is -2.17. The number of nitrogens with zero attached hydrogens (tertiary/aromatic N) is 1. The molecule has 0 rings (SSSR count). The number of oxime groups is 1. The molecule has 16 heavy (non-hydrogen) atoms. The van der Waals surface area contributed by atoms with Gasteiger partial charge in [0.25, 0.3) is 0 Å². The fraction of sp³-hybridized carbons (Fsp3) is 0.818. The third kappa shape index (κ3) is 5.09. The summed E-state index contributed by atoms with van der Waals surface area (Å²) in [5, 5.41) is 3.42. The maximum Gasteiger partial charge on any atom is 0.349 e. The number of hydrogen-bond donors (Lipinski definition) is 0. The number of rotatable bonds is 8. The summed E-state index contributed by atoms with van der Waals surface area (Å²) in [6, 6.07) is 0. The van der Waals surface area contributed by atoms with Gasteiger partial charge >= 0.3 is 5.97 Å². The predicted molar refractivity (Wildman–Crippen MR) is 60.1 cm³/mol. The van der Waals surface area contributed by atoms with Gasteiger partial charge in [-0.25, -0.2) is 9.18 Å². The molecule has 1 atom stereocenters. The zero-order valence-electron chi connectivity index (χ0n) is 10.2. The number of hydrogen-bond acceptors (Lipinski definition) is 4. The predicted octanol–water partition coefficient (Wildman–Crippen LogP) is 2.47. The zero-order valence-corrected chi connectivity index (χ0v) is 10.2. The summed E-state index contributed by atoms with van der Waals surface area (Å²) in [7, 11) is 0. The van der Waals surface area contributed by atoms with Crippen LogP contribution in [0.25, 0.3) is 0 Å². The number of carbonyl (C=O) groups is 1. The number of halogens is 1. The van der Waals surface area contributed by atoms with Crippen LogP contribution in [0.4, 0.5) is 4.39 Å². The van der Waals surface area contributed by atoms with E-state index in [1.807, 2.05) is 6.92 Å². The van der Waals surface area contributed by atoms with Crippen LogP contribution in [0.5, 0.6) is 0 Å². The number of ether oxygens (including phenoxy) is 1. The summed E-state index contributed by atoms with van der Waals surface area (Å²) in [6.07, 6.45) is 2.35. The van der Waals surface area contributed by atoms with Crippen LogP contribution >= 0.6 is 0 Å². The molecule has 0 aromatic heterocycles. The Kier molecular flexibility index (Phi) is 7.50. The summed E-state index contributed by atoms with van der Waals surface area (Å²) in [5.41, 5.74) is -2.17. The molecule has 0 aliphatic carbocycles. The van der Waals surface area contributed by atoms with Crippen LogP contribution in [0.3, 0.4) is 0 Å². The summed E-state index contributed by atoms with van der Waals surface area (Å²) in [4.78, 5) is 16.1. The average Bonchev–Trinajstić information content (AvgIpc) is 2.27. The molecule has 0 N–H and O–H groups in total. The van der Waals surface area contributed by atoms with E-state index in [4.69, 9.17) is 0 Å². The van der Waals surface area contributed by atoms with Crippen molar-refractivity contribution < 1.29 is 18.8 Å². The third-order valence-electron chi connectivity index (χ3n) is 1.97. The Hall–Kier alpha value is -1.13. The third-order valence-corrected chi connectivity index (χ3v) is 1.97. The van der Waals surface area contributed by atoms with E-state index in [0.29, 0.717) is 13.0 Å². The van der Waals surface area contributed by atoms with Gasteiger partial charge in [-0.15, -0.1) is 0 Å². The molecular formula is C11H20FNO3. The first-order valence-electron chi connectivity index (χ1n) is 5.63. The molecule has 0 heterocycles. The van der Waals surface area contributed by atoms with Crippen LogP contribution in [0.1, 0.15) is 40.0 Å². The molecule has 0 aromatic rings. The van der Waals surface area contributed by atoms with Crippen molar-refractivity contribution in [2.24, 2.45) is 5.16 Å². The Morgan fingerprint density at radius 1 is 1.38 bits per heavy atom. The second kappa shape index (κ2) is 8.07. The molecule has 0 saturated heterocycles. The maximum atomic E-state index is 14.2. The topological polar surface area (TPSA) is 47.9 Å². The highest BCUT2D eigenvalue weighted by Crippen LogP contribution is 2.19. The van der Waals surface area contributed by atoms with Gasteiger partial charge in [-0.1, -0.05) is 18.5 Å². The number of unbranched alkanes of at least 4 members (excludes halogenated alkanes) is 1. The first kappa shape index (κ1) is 14.9. The fourth-order valence-electron chi connectivity index (χ4n) is 1.10. The van der Waals surface area contributed by atoms with Gasteiger partial charge in [0.1, 0.15) is 6.61 Å². The van der Waals surface area contributed by atoms with Crippen molar-refractivity contribution in [3.8, 4) is 0 Å². The molecule has 94 valence electrons. The summed E-state index contributed by atoms with van der Waals surface area (Å²) < 4.78 is 18.9. The Labute approximate surface area is 95.8 Å². The van der Waals surface area contributed by atoms with E-state index in [2.05, 4.69) is 14.7 Å². The van der Waals surface area contributed by atoms with Gasteiger partial charge in [0.2, 0.25) is 5.67 Å². The van der Waals surface area contributed by atoms with Crippen molar-refractivity contribution in [1.82, 2.24) is 0 Å². The van der Waals surface area contributed by atoms with Gasteiger partial charge in [0, 0.05) is 0 Å². The second-order valence-corrected chi connectivity index (χ2v) is 3.34. The highest BCUT2D eigenvalue weighted by Gasteiger charge is 2.38. The lowest BCUT2D eigenvalue weighted by atomic mass is 10.0. The molecule has 0 aromatic carbocycles. The number of alkyl halides is 1. The van der Waals surface area contributed by atoms with E-state index < -0.39 is 11.6 Å². The first-order valence-corrected chi connectivity index (χ1v) is 5.63. The van der Waals surface area contributed by atoms with E-state index in [9.17, 15) is 9.18 Å². The first-order chi connectivity index (χ1) is 7.60. The monoisotopic (exact) mass is 233 g/mol. The van der Waals surface area contributed by atoms with Gasteiger partial charge in [-0.05, 0) is 26.7 Å². The van der Waals surface area contributed by atoms with E-state index in [0.717, 1.165) is 12.6 Å². The van der Waals surface area contributed by atoms with Crippen LogP contribution in [0, 0.1) is 0 Å². The van der Waals surface area contributed by atoms with Gasteiger partial charge in [-0.3, -0.25) is 0 Å². The van der Waals surface area contributed by atoms with Crippen molar-refractivity contribution in [3.05, 3.63) is 0 Å². The van der Waals surface area contributed by atoms with Crippen molar-refractivity contribution in [2.45, 2.75) is 45.7 Å². The van der Waals surface area contributed by atoms with Crippen LogP contribution in [-0.2, 0) is 14.4 Å². The highest BCUT2D eigenvalue weighted by molar-refractivity contribution is 5.98. The van der Waals surface area contributed by atoms with Crippen LogP contribution in [-0.4, -0.2) is 31.1 Å². The van der Waals surface area contributed by atoms with Gasteiger partial charge in [-0.2, -0.15) is 0 Å². The molecule has 0 aliphatic heterocycles. The largest absolute Gasteiger partial charge is 0.463 e. The van der Waals surface area contributed by atoms with Gasteiger partial charge in [0.15, 0.2) is 0 Å². The van der Waals surface area contributed by atoms with E-state index >= 15 is 0 Å². The molecular weight excluding hydrogens is 213 g/mol. The van der Waals surface area contributed by atoms with Crippen LogP contribution < -0.4 is 0 Å². The summed E-state index contributed by atoms with van der Waals surface area (Å²) in [5.74, 6) is -0.896. The van der Waals surface area contributed by atoms with Gasteiger partial charge < -0.3 is 9.57 Å². The minimum absolute atomic E-state index is 0.0684. The van der Waals surface area contributed by atoms with Crippen molar-refractivity contribution >= 4 is 12.2 Å². The second-order valence-electron chi connectivity index (χ2n) is 3.34. The molecule has 0 fully saturated rings. The Bertz CT molecular complexity index is 233. The fourth-order valence-corrected chi connectivity index (χ4v) is 1.10. The molecule has 0 aliphatic rings. The maximum absolute atomic E-state index is 14.2. The molecule has 0 spiro atoms. The Morgan fingerprint density at radius 3 is 2.56 bits per heavy atom. The van der Waals surface area contributed by atoms with Crippen LogP contribution in [0.2, 0.25) is 0 Å². The Morgan fingerprint density at radius 2 is 2.06 bits per heavy atom. The lowest BCUT2D eigenvalue weighted by Crippen LogP contribution is -2.37. The average molecular weight is 233 g/mol. The van der Waals surface area contributed by atoms with Gasteiger partial charge in [0.05, 0.1) is 12.8 Å². The molecule has 0 saturated carbocycles. The van der Waals surface area contributed by atoms with Crippen LogP contribution in [0.15, 0.2) is 5.16 Å². The molecule has 4 nitrogen and oxygen atoms in total. The molecule has 0 amide bonds. The normalized spacial score (nSPS) is 14.8. The van der Waals surface area contributed by atoms with E-state index in [1.165, 1.54) is 0 Å². The number of esters is 1. The SMILES string of the molecule is CCCCC(F)(C=NOCC)C(=O)OCC. The minimum atomic E-state index is -2.17. The summed E-state index contributed by atoms with van der Waals surface area (Å²) in [6.45, 7) is 5.78. The minimum Gasteiger partial charge on any atom is -0.463 e. The molecule has 5 heteroatoms. The van der Waals surface area contributed by atoms with Crippen molar-refractivity contribution in [1.29, 1.82) is 0 Å². The zero-order chi connectivity index (χ0) is 12.4. The van der Waals surface area contributed by atoms with E-state index in [-0.39, 0.29) is 13.0 Å². The van der Waals surface area contributed by atoms with Crippen molar-refractivity contribution in [2.75, 3.05) is 13.2 Å². The molecule has 0 radical (unpaired) electrons. The lowest BCUT2D eigenvalue weighted by molar-refractivity contribution is -0.152. The molecule has 1 unspecified atom stereocenters. The van der Waals surface area contributed by atoms with E-state index in [1.54, 1.807) is 13.8 Å². The number of carbonyl (C=O) groups excluding carboxylic acids is 1. The molecule has 0 bridgehead atoms. The highest BCUT2D eigenvalue weighted by atomic mass is 19.1. The summed E-state index contributed by atoms with van der Waals surface area (Å²) >= 11 is 0. The quantitative estimate of drug-likeness (QED) is 0.367.